The van der Waals surface area contributed by atoms with Crippen molar-refractivity contribution in [2.24, 2.45) is 5.92 Å². The SMILES string of the molecule is COc1cc2c(cc1OC)[C@]1(C3CCCCC3)C(O)OC(OC)C(=O)N1CC2. The Bertz CT molecular complexity index is 747. The van der Waals surface area contributed by atoms with Crippen molar-refractivity contribution < 1.29 is 28.8 Å². The molecule has 0 radical (unpaired) electrons. The number of aliphatic hydroxyl groups excluding tert-OH is 1. The fourth-order valence-corrected chi connectivity index (χ4v) is 5.37. The number of carbonyl (C=O) groups is 1. The minimum absolute atomic E-state index is 0.107. The number of hydrogen-bond acceptors (Lipinski definition) is 6. The van der Waals surface area contributed by atoms with Crippen molar-refractivity contribution in [2.45, 2.75) is 56.6 Å². The van der Waals surface area contributed by atoms with Gasteiger partial charge < -0.3 is 29.0 Å². The maximum atomic E-state index is 13.2. The first-order valence-corrected chi connectivity index (χ1v) is 10.0. The number of aliphatic hydroxyl groups is 1. The molecule has 3 atom stereocenters. The topological polar surface area (TPSA) is 77.5 Å². The summed E-state index contributed by atoms with van der Waals surface area (Å²) in [5, 5.41) is 11.3. The molecule has 1 aromatic rings. The van der Waals surface area contributed by atoms with Crippen LogP contribution in [0.3, 0.4) is 0 Å². The largest absolute Gasteiger partial charge is 0.493 e. The summed E-state index contributed by atoms with van der Waals surface area (Å²) >= 11 is 0. The number of nitrogens with zero attached hydrogens (tertiary/aromatic N) is 1. The quantitative estimate of drug-likeness (QED) is 0.848. The van der Waals surface area contributed by atoms with Crippen molar-refractivity contribution in [1.29, 1.82) is 0 Å². The van der Waals surface area contributed by atoms with E-state index in [-0.39, 0.29) is 11.8 Å². The highest BCUT2D eigenvalue weighted by molar-refractivity contribution is 5.82. The molecule has 154 valence electrons. The summed E-state index contributed by atoms with van der Waals surface area (Å²) in [5.74, 6) is 1.13. The van der Waals surface area contributed by atoms with Crippen molar-refractivity contribution in [3.63, 3.8) is 0 Å². The first kappa shape index (κ1) is 19.5. The van der Waals surface area contributed by atoms with E-state index in [1.165, 1.54) is 13.5 Å². The Balaban J connectivity index is 1.92. The molecule has 1 amide bonds. The zero-order valence-electron chi connectivity index (χ0n) is 16.8. The first-order chi connectivity index (χ1) is 13.6. The zero-order valence-corrected chi connectivity index (χ0v) is 16.8. The molecule has 1 saturated heterocycles. The molecule has 1 N–H and O–H groups in total. The maximum absolute atomic E-state index is 13.2. The molecule has 2 fully saturated rings. The second-order valence-corrected chi connectivity index (χ2v) is 7.82. The third kappa shape index (κ3) is 2.71. The number of fused-ring (bicyclic) bond motifs is 3. The lowest BCUT2D eigenvalue weighted by atomic mass is 9.65. The number of carbonyl (C=O) groups excluding carboxylic acids is 1. The summed E-state index contributed by atoms with van der Waals surface area (Å²) in [7, 11) is 4.63. The number of morpholine rings is 1. The third-order valence-electron chi connectivity index (χ3n) is 6.63. The Morgan fingerprint density at radius 2 is 1.79 bits per heavy atom. The predicted molar refractivity (Wildman–Crippen MR) is 101 cm³/mol. The Kier molecular flexibility index (Phi) is 5.24. The lowest BCUT2D eigenvalue weighted by molar-refractivity contribution is -0.305. The summed E-state index contributed by atoms with van der Waals surface area (Å²) in [5.41, 5.74) is 1.03. The molecule has 0 spiro atoms. The molecular weight excluding hydrogens is 362 g/mol. The molecular formula is C21H29NO6. The Morgan fingerprint density at radius 1 is 1.11 bits per heavy atom. The summed E-state index contributed by atoms with van der Waals surface area (Å²) in [6, 6.07) is 3.89. The van der Waals surface area contributed by atoms with Crippen LogP contribution in [-0.4, -0.2) is 56.4 Å². The van der Waals surface area contributed by atoms with E-state index in [9.17, 15) is 9.90 Å². The molecule has 2 aliphatic heterocycles. The predicted octanol–water partition coefficient (Wildman–Crippen LogP) is 2.19. The zero-order chi connectivity index (χ0) is 19.9. The Labute approximate surface area is 165 Å². The fourth-order valence-electron chi connectivity index (χ4n) is 5.37. The maximum Gasteiger partial charge on any atom is 0.280 e. The van der Waals surface area contributed by atoms with Crippen molar-refractivity contribution in [3.8, 4) is 11.5 Å². The third-order valence-corrected chi connectivity index (χ3v) is 6.63. The summed E-state index contributed by atoms with van der Waals surface area (Å²) in [4.78, 5) is 15.0. The number of methoxy groups -OCH3 is 3. The molecule has 3 aliphatic rings. The van der Waals surface area contributed by atoms with Gasteiger partial charge in [0.1, 0.15) is 5.54 Å². The van der Waals surface area contributed by atoms with Crippen molar-refractivity contribution >= 4 is 5.91 Å². The van der Waals surface area contributed by atoms with Gasteiger partial charge >= 0.3 is 0 Å². The van der Waals surface area contributed by atoms with E-state index in [2.05, 4.69) is 0 Å². The van der Waals surface area contributed by atoms with Crippen LogP contribution in [-0.2, 0) is 26.2 Å². The van der Waals surface area contributed by atoms with Crippen molar-refractivity contribution in [2.75, 3.05) is 27.9 Å². The van der Waals surface area contributed by atoms with E-state index >= 15 is 0 Å². The van der Waals surface area contributed by atoms with E-state index in [1.807, 2.05) is 12.1 Å². The summed E-state index contributed by atoms with van der Waals surface area (Å²) < 4.78 is 22.0. The molecule has 1 aliphatic carbocycles. The van der Waals surface area contributed by atoms with E-state index in [4.69, 9.17) is 18.9 Å². The molecule has 2 unspecified atom stereocenters. The van der Waals surface area contributed by atoms with Gasteiger partial charge in [0.2, 0.25) is 6.29 Å². The van der Waals surface area contributed by atoms with Crippen LogP contribution in [0.2, 0.25) is 0 Å². The summed E-state index contributed by atoms with van der Waals surface area (Å²) in [6.07, 6.45) is 3.65. The molecule has 7 nitrogen and oxygen atoms in total. The van der Waals surface area contributed by atoms with Gasteiger partial charge in [0.15, 0.2) is 17.8 Å². The molecule has 0 bridgehead atoms. The molecule has 0 aromatic heterocycles. The Morgan fingerprint density at radius 3 is 2.43 bits per heavy atom. The second-order valence-electron chi connectivity index (χ2n) is 7.82. The molecule has 28 heavy (non-hydrogen) atoms. The van der Waals surface area contributed by atoms with Crippen LogP contribution >= 0.6 is 0 Å². The first-order valence-electron chi connectivity index (χ1n) is 10.0. The smallest absolute Gasteiger partial charge is 0.280 e. The second kappa shape index (κ2) is 7.54. The normalized spacial score (nSPS) is 30.6. The van der Waals surface area contributed by atoms with Crippen LogP contribution in [0.15, 0.2) is 12.1 Å². The Hall–Kier alpha value is -1.83. The minimum Gasteiger partial charge on any atom is -0.493 e. The standard InChI is InChI=1S/C21H29NO6/c1-25-16-11-13-9-10-22-18(23)19(27-3)28-20(24)21(22,14-7-5-4-6-8-14)15(13)12-17(16)26-2/h11-12,14,19-20,24H,4-10H2,1-3H3/t19?,20?,21-/m1/s1. The number of ether oxygens (including phenoxy) is 4. The van der Waals surface area contributed by atoms with Gasteiger partial charge in [0.25, 0.3) is 5.91 Å². The highest BCUT2D eigenvalue weighted by Crippen LogP contribution is 2.53. The van der Waals surface area contributed by atoms with Gasteiger partial charge in [-0.05, 0) is 48.4 Å². The van der Waals surface area contributed by atoms with Crippen LogP contribution in [0.4, 0.5) is 0 Å². The van der Waals surface area contributed by atoms with E-state index in [0.29, 0.717) is 24.5 Å². The van der Waals surface area contributed by atoms with Crippen LogP contribution < -0.4 is 9.47 Å². The van der Waals surface area contributed by atoms with Gasteiger partial charge in [0, 0.05) is 13.7 Å². The lowest BCUT2D eigenvalue weighted by Gasteiger charge is -2.58. The number of amides is 1. The number of hydrogen-bond donors (Lipinski definition) is 1. The van der Waals surface area contributed by atoms with E-state index in [0.717, 1.165) is 36.8 Å². The van der Waals surface area contributed by atoms with Gasteiger partial charge in [-0.3, -0.25) is 4.79 Å². The van der Waals surface area contributed by atoms with Gasteiger partial charge in [-0.2, -0.15) is 0 Å². The van der Waals surface area contributed by atoms with Crippen LogP contribution in [0.1, 0.15) is 43.2 Å². The molecule has 7 heteroatoms. The molecule has 1 saturated carbocycles. The number of benzene rings is 1. The van der Waals surface area contributed by atoms with Gasteiger partial charge in [-0.1, -0.05) is 19.3 Å². The highest BCUT2D eigenvalue weighted by Gasteiger charge is 2.60. The molecule has 1 aromatic carbocycles. The minimum atomic E-state index is -1.17. The highest BCUT2D eigenvalue weighted by atomic mass is 16.7. The van der Waals surface area contributed by atoms with Gasteiger partial charge in [-0.25, -0.2) is 0 Å². The monoisotopic (exact) mass is 391 g/mol. The average molecular weight is 391 g/mol. The number of rotatable bonds is 4. The van der Waals surface area contributed by atoms with Crippen LogP contribution in [0.25, 0.3) is 0 Å². The van der Waals surface area contributed by atoms with Gasteiger partial charge in [0.05, 0.1) is 14.2 Å². The van der Waals surface area contributed by atoms with Gasteiger partial charge in [-0.15, -0.1) is 0 Å². The fraction of sp³-hybridized carbons (Fsp3) is 0.667. The van der Waals surface area contributed by atoms with Crippen LogP contribution in [0.5, 0.6) is 11.5 Å². The average Bonchev–Trinajstić information content (AvgIpc) is 2.74. The van der Waals surface area contributed by atoms with Crippen molar-refractivity contribution in [1.82, 2.24) is 4.90 Å². The molecule has 2 heterocycles. The summed E-state index contributed by atoms with van der Waals surface area (Å²) in [6.45, 7) is 0.512. The lowest BCUT2D eigenvalue weighted by Crippen LogP contribution is -2.70. The van der Waals surface area contributed by atoms with Crippen molar-refractivity contribution in [3.05, 3.63) is 23.3 Å². The molecule has 4 rings (SSSR count). The van der Waals surface area contributed by atoms with Crippen LogP contribution in [0, 0.1) is 5.92 Å². The van der Waals surface area contributed by atoms with E-state index in [1.54, 1.807) is 19.1 Å². The van der Waals surface area contributed by atoms with E-state index < -0.39 is 18.1 Å².